The molecule has 0 saturated heterocycles. The summed E-state index contributed by atoms with van der Waals surface area (Å²) in [6.07, 6.45) is 1.89. The van der Waals surface area contributed by atoms with Crippen molar-refractivity contribution >= 4 is 28.7 Å². The van der Waals surface area contributed by atoms with Crippen LogP contribution in [0.15, 0.2) is 4.79 Å². The number of fused-ring (bicyclic) bond motifs is 1. The molecule has 3 N–H and O–H groups in total. The van der Waals surface area contributed by atoms with Crippen LogP contribution in [0.2, 0.25) is 5.15 Å². The first kappa shape index (κ1) is 10.9. The quantitative estimate of drug-likeness (QED) is 0.789. The van der Waals surface area contributed by atoms with Crippen molar-refractivity contribution in [3.63, 3.8) is 0 Å². The summed E-state index contributed by atoms with van der Waals surface area (Å²) in [5, 5.41) is 0.206. The van der Waals surface area contributed by atoms with Crippen molar-refractivity contribution < 1.29 is 0 Å². The molecule has 0 unspecified atom stereocenters. The number of rotatable bonds is 3. The molecule has 0 spiro atoms. The molecule has 0 aliphatic rings. The average molecular weight is 242 g/mol. The van der Waals surface area contributed by atoms with Crippen LogP contribution in [0, 0.1) is 0 Å². The maximum atomic E-state index is 11.6. The molecule has 2 aromatic heterocycles. The Balaban J connectivity index is 2.64. The Bertz CT molecular complexity index is 573. The van der Waals surface area contributed by atoms with Gasteiger partial charge in [0, 0.05) is 6.54 Å². The van der Waals surface area contributed by atoms with Gasteiger partial charge in [0.05, 0.1) is 0 Å². The lowest BCUT2D eigenvalue weighted by Crippen LogP contribution is -2.16. The number of H-pyrrole nitrogens is 1. The number of hydrogen-bond acceptors (Lipinski definition) is 4. The minimum absolute atomic E-state index is 0.0568. The molecule has 0 radical (unpaired) electrons. The van der Waals surface area contributed by atoms with Gasteiger partial charge in [-0.15, -0.1) is 0 Å². The molecule has 2 aromatic rings. The topological polar surface area (TPSA) is 89.6 Å². The van der Waals surface area contributed by atoms with E-state index in [0.29, 0.717) is 17.7 Å². The summed E-state index contributed by atoms with van der Waals surface area (Å²) in [6, 6.07) is 0. The molecule has 6 nitrogen and oxygen atoms in total. The van der Waals surface area contributed by atoms with Gasteiger partial charge in [-0.3, -0.25) is 9.55 Å². The first-order valence-corrected chi connectivity index (χ1v) is 5.42. The van der Waals surface area contributed by atoms with E-state index in [1.54, 1.807) is 4.57 Å². The average Bonchev–Trinajstić information content (AvgIpc) is 2.51. The van der Waals surface area contributed by atoms with Crippen LogP contribution in [-0.2, 0) is 6.54 Å². The second-order valence-corrected chi connectivity index (χ2v) is 3.86. The highest BCUT2D eigenvalue weighted by molar-refractivity contribution is 6.33. The number of hydrogen-bond donors (Lipinski definition) is 2. The molecule has 0 bridgehead atoms. The first-order chi connectivity index (χ1) is 7.63. The minimum atomic E-state index is -0.231. The molecule has 0 amide bonds. The zero-order valence-corrected chi connectivity index (χ0v) is 9.58. The van der Waals surface area contributed by atoms with Gasteiger partial charge in [-0.05, 0) is 6.42 Å². The van der Waals surface area contributed by atoms with Crippen LogP contribution < -0.4 is 11.4 Å². The highest BCUT2D eigenvalue weighted by Crippen LogP contribution is 2.18. The number of nitrogens with one attached hydrogen (secondary N) is 1. The minimum Gasteiger partial charge on any atom is -0.368 e. The van der Waals surface area contributed by atoms with Gasteiger partial charge in [0.15, 0.2) is 10.8 Å². The second kappa shape index (κ2) is 4.13. The lowest BCUT2D eigenvalue weighted by atomic mass is 10.3. The number of nitrogens with two attached hydrogens (primary N) is 1. The normalized spacial score (nSPS) is 11.1. The molecule has 0 aliphatic carbocycles. The van der Waals surface area contributed by atoms with Crippen LogP contribution in [0.4, 0.5) is 5.95 Å². The Labute approximate surface area is 96.5 Å². The molecule has 2 rings (SSSR count). The Morgan fingerprint density at radius 2 is 2.25 bits per heavy atom. The van der Waals surface area contributed by atoms with E-state index in [1.807, 2.05) is 0 Å². The molecule has 7 heteroatoms. The van der Waals surface area contributed by atoms with Crippen molar-refractivity contribution in [3.8, 4) is 0 Å². The molecular weight excluding hydrogens is 230 g/mol. The van der Waals surface area contributed by atoms with Crippen molar-refractivity contribution in [2.75, 3.05) is 5.73 Å². The molecule has 0 aromatic carbocycles. The Hall–Kier alpha value is -1.56. The molecule has 0 saturated carbocycles. The fraction of sp³-hybridized carbons (Fsp3) is 0.444. The fourth-order valence-corrected chi connectivity index (χ4v) is 1.85. The summed E-state index contributed by atoms with van der Waals surface area (Å²) >= 11 is 5.95. The fourth-order valence-electron chi connectivity index (χ4n) is 1.57. The summed E-state index contributed by atoms with van der Waals surface area (Å²) in [5.41, 5.74) is 6.13. The standard InChI is InChI=1S/C9H12ClN5O/c1-2-3-4-15-5-6(10)12-8(11)13-7(5)14-9(15)16/h2-4H2,1H3,(H3,11,12,13,14,16). The molecule has 2 heterocycles. The predicted molar refractivity (Wildman–Crippen MR) is 62.5 cm³/mol. The maximum absolute atomic E-state index is 11.6. The van der Waals surface area contributed by atoms with E-state index in [9.17, 15) is 4.79 Å². The van der Waals surface area contributed by atoms with E-state index in [2.05, 4.69) is 21.9 Å². The molecule has 0 fully saturated rings. The number of aryl methyl sites for hydroxylation is 1. The smallest absolute Gasteiger partial charge is 0.327 e. The van der Waals surface area contributed by atoms with Gasteiger partial charge in [-0.1, -0.05) is 24.9 Å². The molecule has 0 aliphatic heterocycles. The van der Waals surface area contributed by atoms with Crippen molar-refractivity contribution in [1.82, 2.24) is 19.5 Å². The van der Waals surface area contributed by atoms with Crippen molar-refractivity contribution in [2.45, 2.75) is 26.3 Å². The highest BCUT2D eigenvalue weighted by Gasteiger charge is 2.12. The van der Waals surface area contributed by atoms with E-state index in [4.69, 9.17) is 17.3 Å². The van der Waals surface area contributed by atoms with Gasteiger partial charge in [0.1, 0.15) is 5.52 Å². The van der Waals surface area contributed by atoms with E-state index >= 15 is 0 Å². The highest BCUT2D eigenvalue weighted by atomic mass is 35.5. The van der Waals surface area contributed by atoms with Crippen LogP contribution in [0.3, 0.4) is 0 Å². The first-order valence-electron chi connectivity index (χ1n) is 5.05. The molecule has 0 atom stereocenters. The van der Waals surface area contributed by atoms with Crippen LogP contribution in [0.5, 0.6) is 0 Å². The van der Waals surface area contributed by atoms with Crippen LogP contribution in [0.25, 0.3) is 11.2 Å². The number of unbranched alkanes of at least 4 members (excludes halogenated alkanes) is 1. The van der Waals surface area contributed by atoms with Gasteiger partial charge >= 0.3 is 5.69 Å². The third-order valence-electron chi connectivity index (χ3n) is 2.33. The molecule has 86 valence electrons. The second-order valence-electron chi connectivity index (χ2n) is 3.51. The monoisotopic (exact) mass is 241 g/mol. The Morgan fingerprint density at radius 1 is 1.50 bits per heavy atom. The summed E-state index contributed by atoms with van der Waals surface area (Å²) in [4.78, 5) is 22.0. The predicted octanol–water partition coefficient (Wildman–Crippen LogP) is 1.16. The van der Waals surface area contributed by atoms with Gasteiger partial charge in [-0.2, -0.15) is 9.97 Å². The number of halogens is 1. The number of anilines is 1. The van der Waals surface area contributed by atoms with Gasteiger partial charge in [0.25, 0.3) is 0 Å². The van der Waals surface area contributed by atoms with Gasteiger partial charge in [-0.25, -0.2) is 4.79 Å². The number of nitrogen functional groups attached to an aromatic ring is 1. The van der Waals surface area contributed by atoms with E-state index in [1.165, 1.54) is 0 Å². The summed E-state index contributed by atoms with van der Waals surface area (Å²) < 4.78 is 1.54. The van der Waals surface area contributed by atoms with Crippen LogP contribution >= 0.6 is 11.6 Å². The number of aromatic amines is 1. The summed E-state index contributed by atoms with van der Waals surface area (Å²) in [7, 11) is 0. The van der Waals surface area contributed by atoms with Crippen LogP contribution in [0.1, 0.15) is 19.8 Å². The third kappa shape index (κ3) is 1.76. The molecule has 16 heavy (non-hydrogen) atoms. The van der Waals surface area contributed by atoms with Crippen molar-refractivity contribution in [3.05, 3.63) is 15.6 Å². The lowest BCUT2D eigenvalue weighted by molar-refractivity contribution is 0.629. The zero-order chi connectivity index (χ0) is 11.7. The van der Waals surface area contributed by atoms with Crippen LogP contribution in [-0.4, -0.2) is 19.5 Å². The van der Waals surface area contributed by atoms with E-state index in [-0.39, 0.29) is 16.8 Å². The Morgan fingerprint density at radius 3 is 2.94 bits per heavy atom. The van der Waals surface area contributed by atoms with Gasteiger partial charge in [0.2, 0.25) is 5.95 Å². The maximum Gasteiger partial charge on any atom is 0.327 e. The Kier molecular flexibility index (Phi) is 2.82. The summed E-state index contributed by atoms with van der Waals surface area (Å²) in [5.74, 6) is 0.0568. The zero-order valence-electron chi connectivity index (χ0n) is 8.83. The van der Waals surface area contributed by atoms with E-state index in [0.717, 1.165) is 12.8 Å². The third-order valence-corrected chi connectivity index (χ3v) is 2.60. The largest absolute Gasteiger partial charge is 0.368 e. The van der Waals surface area contributed by atoms with Crippen molar-refractivity contribution in [1.29, 1.82) is 0 Å². The lowest BCUT2D eigenvalue weighted by Gasteiger charge is -2.02. The number of aromatic nitrogens is 4. The molecular formula is C9H12ClN5O. The number of nitrogens with zero attached hydrogens (tertiary/aromatic N) is 3. The van der Waals surface area contributed by atoms with Crippen molar-refractivity contribution in [2.24, 2.45) is 0 Å². The van der Waals surface area contributed by atoms with Gasteiger partial charge < -0.3 is 5.73 Å². The van der Waals surface area contributed by atoms with E-state index < -0.39 is 0 Å². The number of imidazole rings is 1. The summed E-state index contributed by atoms with van der Waals surface area (Å²) in [6.45, 7) is 2.65. The SMILES string of the molecule is CCCCn1c(=O)[nH]c2nc(N)nc(Cl)c21.